The SMILES string of the molecule is CCC(CSC)NC(=O)N(C)CC(O)C1CC1. The Labute approximate surface area is 108 Å². The molecule has 1 saturated carbocycles. The van der Waals surface area contributed by atoms with Crippen LogP contribution in [0.2, 0.25) is 0 Å². The van der Waals surface area contributed by atoms with Crippen LogP contribution in [-0.4, -0.2) is 53.8 Å². The predicted octanol–water partition coefficient (Wildman–Crippen LogP) is 1.54. The molecule has 0 bridgehead atoms. The highest BCUT2D eigenvalue weighted by molar-refractivity contribution is 7.98. The molecule has 0 heterocycles. The Balaban J connectivity index is 2.29. The Kier molecular flexibility index (Phi) is 6.12. The normalized spacial score (nSPS) is 18.6. The summed E-state index contributed by atoms with van der Waals surface area (Å²) >= 11 is 1.73. The van der Waals surface area contributed by atoms with E-state index in [4.69, 9.17) is 0 Å². The number of hydrogen-bond donors (Lipinski definition) is 2. The monoisotopic (exact) mass is 260 g/mol. The van der Waals surface area contributed by atoms with Gasteiger partial charge in [0, 0.05) is 25.4 Å². The van der Waals surface area contributed by atoms with Gasteiger partial charge in [-0.25, -0.2) is 4.79 Å². The van der Waals surface area contributed by atoms with Crippen molar-refractivity contribution in [2.45, 2.75) is 38.3 Å². The smallest absolute Gasteiger partial charge is 0.317 e. The van der Waals surface area contributed by atoms with Gasteiger partial charge in [-0.1, -0.05) is 6.92 Å². The maximum absolute atomic E-state index is 11.9. The van der Waals surface area contributed by atoms with Crippen molar-refractivity contribution >= 4 is 17.8 Å². The van der Waals surface area contributed by atoms with Crippen LogP contribution in [0.15, 0.2) is 0 Å². The number of nitrogens with zero attached hydrogens (tertiary/aromatic N) is 1. The highest BCUT2D eigenvalue weighted by Gasteiger charge is 2.31. The zero-order valence-electron chi connectivity index (χ0n) is 11.0. The highest BCUT2D eigenvalue weighted by Crippen LogP contribution is 2.32. The van der Waals surface area contributed by atoms with E-state index in [9.17, 15) is 9.90 Å². The van der Waals surface area contributed by atoms with Crippen molar-refractivity contribution < 1.29 is 9.90 Å². The highest BCUT2D eigenvalue weighted by atomic mass is 32.2. The number of nitrogens with one attached hydrogen (secondary N) is 1. The van der Waals surface area contributed by atoms with Crippen molar-refractivity contribution in [2.24, 2.45) is 5.92 Å². The second-order valence-corrected chi connectivity index (χ2v) is 5.71. The first kappa shape index (κ1) is 14.6. The van der Waals surface area contributed by atoms with Crippen LogP contribution in [0.4, 0.5) is 4.79 Å². The molecule has 1 aliphatic rings. The lowest BCUT2D eigenvalue weighted by Crippen LogP contribution is -2.46. The van der Waals surface area contributed by atoms with Gasteiger partial charge in [0.15, 0.2) is 0 Å². The third kappa shape index (κ3) is 5.17. The van der Waals surface area contributed by atoms with Crippen LogP contribution in [0.3, 0.4) is 0 Å². The fraction of sp³-hybridized carbons (Fsp3) is 0.917. The first-order valence-electron chi connectivity index (χ1n) is 6.27. The van der Waals surface area contributed by atoms with Crippen LogP contribution in [0, 0.1) is 5.92 Å². The van der Waals surface area contributed by atoms with E-state index in [1.54, 1.807) is 23.7 Å². The summed E-state index contributed by atoms with van der Waals surface area (Å²) < 4.78 is 0. The molecule has 2 N–H and O–H groups in total. The van der Waals surface area contributed by atoms with Gasteiger partial charge in [-0.15, -0.1) is 0 Å². The molecule has 1 rings (SSSR count). The first-order valence-corrected chi connectivity index (χ1v) is 7.66. The van der Waals surface area contributed by atoms with Crippen molar-refractivity contribution in [1.29, 1.82) is 0 Å². The van der Waals surface area contributed by atoms with Crippen LogP contribution in [0.5, 0.6) is 0 Å². The Morgan fingerprint density at radius 3 is 2.71 bits per heavy atom. The number of rotatable bonds is 7. The van der Waals surface area contributed by atoms with Gasteiger partial charge in [0.05, 0.1) is 6.10 Å². The number of amides is 2. The number of hydrogen-bond acceptors (Lipinski definition) is 3. The predicted molar refractivity (Wildman–Crippen MR) is 72.4 cm³/mol. The molecular weight excluding hydrogens is 236 g/mol. The molecule has 0 spiro atoms. The van der Waals surface area contributed by atoms with E-state index in [1.807, 2.05) is 6.26 Å². The van der Waals surface area contributed by atoms with Crippen molar-refractivity contribution in [3.8, 4) is 0 Å². The summed E-state index contributed by atoms with van der Waals surface area (Å²) in [5, 5.41) is 12.8. The van der Waals surface area contributed by atoms with Gasteiger partial charge < -0.3 is 15.3 Å². The molecule has 17 heavy (non-hydrogen) atoms. The van der Waals surface area contributed by atoms with E-state index in [0.29, 0.717) is 12.5 Å². The first-order chi connectivity index (χ1) is 8.08. The fourth-order valence-corrected chi connectivity index (χ4v) is 2.46. The second-order valence-electron chi connectivity index (χ2n) is 4.80. The summed E-state index contributed by atoms with van der Waals surface area (Å²) in [6, 6.07) is 0.142. The number of carbonyl (C=O) groups excluding carboxylic acids is 1. The molecule has 0 aliphatic heterocycles. The maximum Gasteiger partial charge on any atom is 0.317 e. The van der Waals surface area contributed by atoms with E-state index >= 15 is 0 Å². The number of likely N-dealkylation sites (N-methyl/N-ethyl adjacent to an activating group) is 1. The summed E-state index contributed by atoms with van der Waals surface area (Å²) in [5.41, 5.74) is 0. The minimum atomic E-state index is -0.355. The van der Waals surface area contributed by atoms with Crippen molar-refractivity contribution in [3.05, 3.63) is 0 Å². The topological polar surface area (TPSA) is 52.6 Å². The summed E-state index contributed by atoms with van der Waals surface area (Å²) in [6.45, 7) is 2.51. The van der Waals surface area contributed by atoms with E-state index in [0.717, 1.165) is 25.0 Å². The molecule has 5 heteroatoms. The number of carbonyl (C=O) groups is 1. The van der Waals surface area contributed by atoms with Crippen LogP contribution in [-0.2, 0) is 0 Å². The summed E-state index contributed by atoms with van der Waals surface area (Å²) in [5.74, 6) is 1.35. The zero-order chi connectivity index (χ0) is 12.8. The molecule has 0 aromatic carbocycles. The van der Waals surface area contributed by atoms with Gasteiger partial charge in [-0.05, 0) is 31.4 Å². The third-order valence-corrected chi connectivity index (χ3v) is 3.90. The minimum absolute atomic E-state index is 0.0781. The van der Waals surface area contributed by atoms with E-state index in [-0.39, 0.29) is 18.2 Å². The molecular formula is C12H24N2O2S. The Morgan fingerprint density at radius 2 is 2.24 bits per heavy atom. The Bertz CT molecular complexity index is 247. The van der Waals surface area contributed by atoms with Gasteiger partial charge in [0.25, 0.3) is 0 Å². The lowest BCUT2D eigenvalue weighted by Gasteiger charge is -2.24. The van der Waals surface area contributed by atoms with Crippen LogP contribution >= 0.6 is 11.8 Å². The average Bonchev–Trinajstić information content (AvgIpc) is 3.11. The van der Waals surface area contributed by atoms with E-state index < -0.39 is 0 Å². The van der Waals surface area contributed by atoms with Gasteiger partial charge >= 0.3 is 6.03 Å². The van der Waals surface area contributed by atoms with Crippen molar-refractivity contribution in [2.75, 3.05) is 25.6 Å². The van der Waals surface area contributed by atoms with Crippen LogP contribution in [0.1, 0.15) is 26.2 Å². The molecule has 1 fully saturated rings. The molecule has 0 saturated heterocycles. The lowest BCUT2D eigenvalue weighted by atomic mass is 10.2. The van der Waals surface area contributed by atoms with Crippen LogP contribution < -0.4 is 5.32 Å². The van der Waals surface area contributed by atoms with Gasteiger partial charge in [0.1, 0.15) is 0 Å². The number of aliphatic hydroxyl groups is 1. The molecule has 0 radical (unpaired) electrons. The van der Waals surface area contributed by atoms with E-state index in [2.05, 4.69) is 12.2 Å². The summed E-state index contributed by atoms with van der Waals surface area (Å²) in [7, 11) is 1.74. The van der Waals surface area contributed by atoms with Crippen molar-refractivity contribution in [3.63, 3.8) is 0 Å². The molecule has 100 valence electrons. The van der Waals surface area contributed by atoms with Crippen LogP contribution in [0.25, 0.3) is 0 Å². The number of aliphatic hydroxyl groups excluding tert-OH is 1. The third-order valence-electron chi connectivity index (χ3n) is 3.16. The molecule has 0 aromatic heterocycles. The summed E-state index contributed by atoms with van der Waals surface area (Å²) in [6.07, 6.45) is 4.81. The molecule has 1 aliphatic carbocycles. The molecule has 0 aromatic rings. The molecule has 4 nitrogen and oxygen atoms in total. The quantitative estimate of drug-likeness (QED) is 0.730. The maximum atomic E-state index is 11.9. The standard InChI is InChI=1S/C12H24N2O2S/c1-4-10(8-17-3)13-12(16)14(2)7-11(15)9-5-6-9/h9-11,15H,4-8H2,1-3H3,(H,13,16). The summed E-state index contributed by atoms with van der Waals surface area (Å²) in [4.78, 5) is 13.4. The lowest BCUT2D eigenvalue weighted by molar-refractivity contribution is 0.113. The molecule has 2 atom stereocenters. The minimum Gasteiger partial charge on any atom is -0.391 e. The molecule has 2 amide bonds. The van der Waals surface area contributed by atoms with Crippen molar-refractivity contribution in [1.82, 2.24) is 10.2 Å². The second kappa shape index (κ2) is 7.11. The Hall–Kier alpha value is -0.420. The van der Waals surface area contributed by atoms with Gasteiger partial charge in [-0.2, -0.15) is 11.8 Å². The molecule has 2 unspecified atom stereocenters. The number of urea groups is 1. The zero-order valence-corrected chi connectivity index (χ0v) is 11.8. The van der Waals surface area contributed by atoms with E-state index in [1.165, 1.54) is 0 Å². The van der Waals surface area contributed by atoms with Gasteiger partial charge in [0.2, 0.25) is 0 Å². The fourth-order valence-electron chi connectivity index (χ4n) is 1.74. The largest absolute Gasteiger partial charge is 0.391 e. The Morgan fingerprint density at radius 1 is 1.59 bits per heavy atom. The van der Waals surface area contributed by atoms with Gasteiger partial charge in [-0.3, -0.25) is 0 Å². The average molecular weight is 260 g/mol. The number of thioether (sulfide) groups is 1.